The van der Waals surface area contributed by atoms with Gasteiger partial charge >= 0.3 is 0 Å². The SMILES string of the molecule is Cn1ncc2c1NC(=O)CC2C1=Cc2ccccc2OC1. The summed E-state index contributed by atoms with van der Waals surface area (Å²) < 4.78 is 7.53. The third-order valence-corrected chi connectivity index (χ3v) is 4.09. The van der Waals surface area contributed by atoms with Gasteiger partial charge in [0.25, 0.3) is 0 Å². The standard InChI is InChI=1S/C16H15N3O2/c1-19-16-13(8-17-19)12(7-15(20)18-16)11-6-10-4-2-3-5-14(10)21-9-11/h2-6,8,12H,7,9H2,1H3,(H,18,20). The molecule has 0 saturated heterocycles. The Bertz CT molecular complexity index is 761. The van der Waals surface area contributed by atoms with E-state index < -0.39 is 0 Å². The number of hydrogen-bond acceptors (Lipinski definition) is 3. The van der Waals surface area contributed by atoms with Crippen molar-refractivity contribution in [2.75, 3.05) is 11.9 Å². The zero-order valence-corrected chi connectivity index (χ0v) is 11.7. The fourth-order valence-electron chi connectivity index (χ4n) is 3.01. The fourth-order valence-corrected chi connectivity index (χ4v) is 3.01. The second-order valence-electron chi connectivity index (χ2n) is 5.42. The molecule has 2 aliphatic rings. The van der Waals surface area contributed by atoms with Crippen LogP contribution in [0.2, 0.25) is 0 Å². The lowest BCUT2D eigenvalue weighted by atomic mass is 9.85. The average molecular weight is 281 g/mol. The molecule has 1 aromatic heterocycles. The van der Waals surface area contributed by atoms with Gasteiger partial charge in [-0.2, -0.15) is 5.10 Å². The zero-order chi connectivity index (χ0) is 14.4. The maximum Gasteiger partial charge on any atom is 0.226 e. The van der Waals surface area contributed by atoms with Gasteiger partial charge in [0, 0.05) is 30.5 Å². The topological polar surface area (TPSA) is 56.2 Å². The van der Waals surface area contributed by atoms with Gasteiger partial charge in [-0.05, 0) is 17.7 Å². The van der Waals surface area contributed by atoms with Crippen LogP contribution >= 0.6 is 0 Å². The van der Waals surface area contributed by atoms with Gasteiger partial charge in [-0.1, -0.05) is 18.2 Å². The Kier molecular flexibility index (Phi) is 2.60. The molecular formula is C16H15N3O2. The lowest BCUT2D eigenvalue weighted by Crippen LogP contribution is -2.26. The van der Waals surface area contributed by atoms with Crippen LogP contribution in [0.15, 0.2) is 36.0 Å². The van der Waals surface area contributed by atoms with Crippen molar-refractivity contribution in [1.29, 1.82) is 0 Å². The van der Waals surface area contributed by atoms with Crippen LogP contribution in [0.4, 0.5) is 5.82 Å². The lowest BCUT2D eigenvalue weighted by Gasteiger charge is -2.27. The van der Waals surface area contributed by atoms with Gasteiger partial charge in [-0.15, -0.1) is 0 Å². The van der Waals surface area contributed by atoms with Crippen LogP contribution in [0, 0.1) is 0 Å². The van der Waals surface area contributed by atoms with Gasteiger partial charge < -0.3 is 10.1 Å². The average Bonchev–Trinajstić information content (AvgIpc) is 2.87. The van der Waals surface area contributed by atoms with Crippen molar-refractivity contribution >= 4 is 17.8 Å². The molecule has 4 rings (SSSR count). The van der Waals surface area contributed by atoms with E-state index in [0.717, 1.165) is 28.3 Å². The fraction of sp³-hybridized carbons (Fsp3) is 0.250. The Hall–Kier alpha value is -2.56. The third-order valence-electron chi connectivity index (χ3n) is 4.09. The van der Waals surface area contributed by atoms with Crippen molar-refractivity contribution in [3.05, 3.63) is 47.2 Å². The first-order valence-electron chi connectivity index (χ1n) is 6.96. The van der Waals surface area contributed by atoms with E-state index in [0.29, 0.717) is 13.0 Å². The predicted molar refractivity (Wildman–Crippen MR) is 79.1 cm³/mol. The molecule has 1 aromatic carbocycles. The monoisotopic (exact) mass is 281 g/mol. The van der Waals surface area contributed by atoms with E-state index in [1.54, 1.807) is 4.68 Å². The van der Waals surface area contributed by atoms with Crippen molar-refractivity contribution in [1.82, 2.24) is 9.78 Å². The summed E-state index contributed by atoms with van der Waals surface area (Å²) in [4.78, 5) is 12.0. The maximum atomic E-state index is 12.0. The zero-order valence-electron chi connectivity index (χ0n) is 11.7. The van der Waals surface area contributed by atoms with Crippen molar-refractivity contribution in [2.24, 2.45) is 7.05 Å². The highest BCUT2D eigenvalue weighted by Gasteiger charge is 2.31. The van der Waals surface area contributed by atoms with Gasteiger partial charge in [0.2, 0.25) is 5.91 Å². The number of fused-ring (bicyclic) bond motifs is 2. The molecule has 5 nitrogen and oxygen atoms in total. The number of para-hydroxylation sites is 1. The van der Waals surface area contributed by atoms with Crippen LogP contribution < -0.4 is 10.1 Å². The number of anilines is 1. The lowest BCUT2D eigenvalue weighted by molar-refractivity contribution is -0.116. The molecule has 1 atom stereocenters. The molecule has 0 aliphatic carbocycles. The Labute approximate surface area is 122 Å². The van der Waals surface area contributed by atoms with E-state index in [1.807, 2.05) is 37.5 Å². The summed E-state index contributed by atoms with van der Waals surface area (Å²) in [7, 11) is 1.84. The highest BCUT2D eigenvalue weighted by atomic mass is 16.5. The van der Waals surface area contributed by atoms with Crippen LogP contribution in [0.1, 0.15) is 23.5 Å². The first kappa shape index (κ1) is 12.2. The highest BCUT2D eigenvalue weighted by molar-refractivity contribution is 5.94. The van der Waals surface area contributed by atoms with Gasteiger partial charge in [0.1, 0.15) is 18.2 Å². The molecule has 3 heterocycles. The summed E-state index contributed by atoms with van der Waals surface area (Å²) in [6.45, 7) is 0.517. The summed E-state index contributed by atoms with van der Waals surface area (Å²) in [6.07, 6.45) is 4.41. The summed E-state index contributed by atoms with van der Waals surface area (Å²) >= 11 is 0. The van der Waals surface area contributed by atoms with Crippen LogP contribution in [0.5, 0.6) is 5.75 Å². The minimum Gasteiger partial charge on any atom is -0.489 e. The van der Waals surface area contributed by atoms with E-state index >= 15 is 0 Å². The smallest absolute Gasteiger partial charge is 0.226 e. The largest absolute Gasteiger partial charge is 0.489 e. The molecule has 5 heteroatoms. The van der Waals surface area contributed by atoms with Gasteiger partial charge in [-0.25, -0.2) is 0 Å². The molecule has 1 unspecified atom stereocenters. The number of nitrogens with one attached hydrogen (secondary N) is 1. The number of rotatable bonds is 1. The molecule has 0 radical (unpaired) electrons. The summed E-state index contributed by atoms with van der Waals surface area (Å²) in [6, 6.07) is 7.95. The number of nitrogens with zero attached hydrogens (tertiary/aromatic N) is 2. The number of amides is 1. The van der Waals surface area contributed by atoms with Gasteiger partial charge in [-0.3, -0.25) is 9.48 Å². The molecular weight excluding hydrogens is 266 g/mol. The van der Waals surface area contributed by atoms with E-state index in [9.17, 15) is 4.79 Å². The quantitative estimate of drug-likeness (QED) is 0.872. The Morgan fingerprint density at radius 2 is 2.24 bits per heavy atom. The third kappa shape index (κ3) is 1.93. The molecule has 0 fully saturated rings. The number of hydrogen-bond donors (Lipinski definition) is 1. The van der Waals surface area contributed by atoms with Gasteiger partial charge in [0.15, 0.2) is 0 Å². The molecule has 2 aliphatic heterocycles. The van der Waals surface area contributed by atoms with E-state index in [2.05, 4.69) is 16.5 Å². The van der Waals surface area contributed by atoms with Crippen LogP contribution in [-0.4, -0.2) is 22.3 Å². The number of ether oxygens (including phenoxy) is 1. The van der Waals surface area contributed by atoms with Crippen molar-refractivity contribution < 1.29 is 9.53 Å². The summed E-state index contributed by atoms with van der Waals surface area (Å²) in [5.41, 5.74) is 3.25. The minimum atomic E-state index is 0.0239. The molecule has 1 N–H and O–H groups in total. The van der Waals surface area contributed by atoms with Crippen LogP contribution in [0.3, 0.4) is 0 Å². The Balaban J connectivity index is 1.78. The second-order valence-corrected chi connectivity index (χ2v) is 5.42. The normalized spacial score (nSPS) is 20.0. The van der Waals surface area contributed by atoms with E-state index in [1.165, 1.54) is 0 Å². The summed E-state index contributed by atoms with van der Waals surface area (Å²) in [5, 5.41) is 7.15. The highest BCUT2D eigenvalue weighted by Crippen LogP contribution is 2.40. The maximum absolute atomic E-state index is 12.0. The molecule has 106 valence electrons. The Morgan fingerprint density at radius 3 is 3.14 bits per heavy atom. The Morgan fingerprint density at radius 1 is 1.38 bits per heavy atom. The number of benzene rings is 1. The second kappa shape index (κ2) is 4.48. The van der Waals surface area contributed by atoms with Crippen LogP contribution in [-0.2, 0) is 11.8 Å². The minimum absolute atomic E-state index is 0.0239. The van der Waals surface area contributed by atoms with Crippen molar-refractivity contribution in [3.63, 3.8) is 0 Å². The predicted octanol–water partition coefficient (Wildman–Crippen LogP) is 2.32. The first-order valence-corrected chi connectivity index (χ1v) is 6.96. The number of carbonyl (C=O) groups excluding carboxylic acids is 1. The van der Waals surface area contributed by atoms with Crippen molar-refractivity contribution in [3.8, 4) is 5.75 Å². The number of aryl methyl sites for hydroxylation is 1. The van der Waals surface area contributed by atoms with E-state index in [-0.39, 0.29) is 11.8 Å². The summed E-state index contributed by atoms with van der Waals surface area (Å²) in [5.74, 6) is 1.75. The number of carbonyl (C=O) groups is 1. The first-order chi connectivity index (χ1) is 10.2. The number of aromatic nitrogens is 2. The molecule has 0 bridgehead atoms. The van der Waals surface area contributed by atoms with Gasteiger partial charge in [0.05, 0.1) is 6.20 Å². The van der Waals surface area contributed by atoms with Crippen molar-refractivity contribution in [2.45, 2.75) is 12.3 Å². The molecule has 0 saturated carbocycles. The van der Waals surface area contributed by atoms with Crippen LogP contribution in [0.25, 0.3) is 6.08 Å². The molecule has 1 amide bonds. The molecule has 21 heavy (non-hydrogen) atoms. The molecule has 0 spiro atoms. The van der Waals surface area contributed by atoms with E-state index in [4.69, 9.17) is 4.74 Å². The molecule has 2 aromatic rings.